The van der Waals surface area contributed by atoms with Crippen molar-refractivity contribution in [1.82, 2.24) is 29.9 Å². The fourth-order valence-electron chi connectivity index (χ4n) is 4.11. The van der Waals surface area contributed by atoms with E-state index in [1.165, 1.54) is 6.20 Å². The predicted molar refractivity (Wildman–Crippen MR) is 118 cm³/mol. The maximum atomic E-state index is 15.1. The van der Waals surface area contributed by atoms with Crippen LogP contribution in [0.1, 0.15) is 49.9 Å². The lowest BCUT2D eigenvalue weighted by Crippen LogP contribution is -2.38. The van der Waals surface area contributed by atoms with Crippen LogP contribution in [0, 0.1) is 0 Å². The summed E-state index contributed by atoms with van der Waals surface area (Å²) in [6.45, 7) is 2.29. The first kappa shape index (κ1) is 21.9. The summed E-state index contributed by atoms with van der Waals surface area (Å²) in [7, 11) is 1.59. The van der Waals surface area contributed by atoms with Crippen molar-refractivity contribution in [3.05, 3.63) is 34.9 Å². The summed E-state index contributed by atoms with van der Waals surface area (Å²) in [4.78, 5) is 20.8. The number of anilines is 2. The van der Waals surface area contributed by atoms with Crippen molar-refractivity contribution >= 4 is 35.1 Å². The van der Waals surface area contributed by atoms with Gasteiger partial charge in [-0.2, -0.15) is 5.10 Å². The molecule has 1 amide bonds. The first-order chi connectivity index (χ1) is 15.8. The van der Waals surface area contributed by atoms with Crippen molar-refractivity contribution in [1.29, 1.82) is 0 Å². The molecule has 33 heavy (non-hydrogen) atoms. The molecule has 2 aliphatic rings. The minimum Gasteiger partial charge on any atom is -0.443 e. The van der Waals surface area contributed by atoms with Crippen LogP contribution in [0.4, 0.5) is 21.0 Å². The zero-order valence-electron chi connectivity index (χ0n) is 18.3. The van der Waals surface area contributed by atoms with Crippen molar-refractivity contribution in [2.24, 2.45) is 0 Å². The van der Waals surface area contributed by atoms with E-state index >= 15 is 4.39 Å². The topological polar surface area (TPSA) is 118 Å². The summed E-state index contributed by atoms with van der Waals surface area (Å²) in [5, 5.41) is 13.5. The van der Waals surface area contributed by atoms with Gasteiger partial charge in [-0.1, -0.05) is 11.6 Å². The van der Waals surface area contributed by atoms with Crippen LogP contribution in [0.5, 0.6) is 0 Å². The van der Waals surface area contributed by atoms with Crippen LogP contribution < -0.4 is 10.6 Å². The van der Waals surface area contributed by atoms with E-state index in [0.717, 1.165) is 12.8 Å². The van der Waals surface area contributed by atoms with E-state index in [4.69, 9.17) is 21.1 Å². The number of fused-ring (bicyclic) bond motifs is 1. The van der Waals surface area contributed by atoms with Crippen LogP contribution in [0.15, 0.2) is 18.5 Å². The van der Waals surface area contributed by atoms with Gasteiger partial charge in [0.05, 0.1) is 18.5 Å². The molecule has 3 heterocycles. The van der Waals surface area contributed by atoms with Gasteiger partial charge in [0.15, 0.2) is 11.5 Å². The molecular weight excluding hydrogens is 453 g/mol. The maximum Gasteiger partial charge on any atom is 0.407 e. The van der Waals surface area contributed by atoms with Crippen LogP contribution in [0.2, 0.25) is 5.02 Å². The number of aromatic amines is 1. The zero-order valence-corrected chi connectivity index (χ0v) is 19.0. The summed E-state index contributed by atoms with van der Waals surface area (Å²) in [6.07, 6.45) is 3.46. The molecule has 3 unspecified atom stereocenters. The number of alkyl carbamates (subject to hydrolysis) is 1. The number of imidazole rings is 1. The number of carbonyl (C=O) groups excluding carboxylic acids is 1. The Labute approximate surface area is 194 Å². The number of amides is 1. The van der Waals surface area contributed by atoms with E-state index < -0.39 is 24.3 Å². The molecule has 3 aromatic rings. The summed E-state index contributed by atoms with van der Waals surface area (Å²) >= 11 is 6.22. The SMILES string of the molecule is COCc1cn2c(Nc3cc(C4CCC(OC(=O)NC5(C)CC5)C4F)[nH]n3)ncc(Cl)c2n1. The van der Waals surface area contributed by atoms with E-state index in [1.807, 2.05) is 6.92 Å². The number of carbonyl (C=O) groups is 1. The third kappa shape index (κ3) is 4.47. The largest absolute Gasteiger partial charge is 0.443 e. The normalized spacial score (nSPS) is 23.6. The number of nitrogens with zero attached hydrogens (tertiary/aromatic N) is 4. The Morgan fingerprint density at radius 1 is 1.42 bits per heavy atom. The molecule has 0 bridgehead atoms. The number of H-pyrrole nitrogens is 1. The number of ether oxygens (including phenoxy) is 2. The maximum absolute atomic E-state index is 15.1. The second kappa shape index (κ2) is 8.45. The molecule has 0 spiro atoms. The molecule has 10 nitrogen and oxygen atoms in total. The number of nitrogens with one attached hydrogen (secondary N) is 3. The molecule has 0 aromatic carbocycles. The van der Waals surface area contributed by atoms with Crippen molar-refractivity contribution in [3.63, 3.8) is 0 Å². The molecule has 2 aliphatic carbocycles. The monoisotopic (exact) mass is 477 g/mol. The fourth-order valence-corrected chi connectivity index (χ4v) is 4.29. The lowest BCUT2D eigenvalue weighted by atomic mass is 10.0. The summed E-state index contributed by atoms with van der Waals surface area (Å²) in [5.74, 6) is 0.484. The van der Waals surface area contributed by atoms with Gasteiger partial charge in [-0.25, -0.2) is 19.2 Å². The Bertz CT molecular complexity index is 1180. The van der Waals surface area contributed by atoms with Gasteiger partial charge in [0.2, 0.25) is 5.95 Å². The number of alkyl halides is 1. The van der Waals surface area contributed by atoms with Gasteiger partial charge in [0.25, 0.3) is 0 Å². The van der Waals surface area contributed by atoms with Gasteiger partial charge in [0.1, 0.15) is 17.3 Å². The molecule has 2 saturated carbocycles. The molecule has 176 valence electrons. The van der Waals surface area contributed by atoms with Gasteiger partial charge in [0, 0.05) is 36.5 Å². The first-order valence-corrected chi connectivity index (χ1v) is 11.2. The van der Waals surface area contributed by atoms with Crippen molar-refractivity contribution in [2.75, 3.05) is 12.4 Å². The highest BCUT2D eigenvalue weighted by molar-refractivity contribution is 6.33. The summed E-state index contributed by atoms with van der Waals surface area (Å²) in [6, 6.07) is 1.74. The minimum absolute atomic E-state index is 0.203. The number of aromatic nitrogens is 5. The molecule has 3 N–H and O–H groups in total. The van der Waals surface area contributed by atoms with E-state index in [9.17, 15) is 4.79 Å². The number of methoxy groups -OCH3 is 1. The van der Waals surface area contributed by atoms with E-state index in [0.29, 0.717) is 53.3 Å². The number of halogens is 2. The number of hydrogen-bond acceptors (Lipinski definition) is 7. The smallest absolute Gasteiger partial charge is 0.407 e. The van der Waals surface area contributed by atoms with Crippen LogP contribution >= 0.6 is 11.6 Å². The van der Waals surface area contributed by atoms with Crippen LogP contribution in [-0.2, 0) is 16.1 Å². The van der Waals surface area contributed by atoms with Crippen LogP contribution in [0.3, 0.4) is 0 Å². The summed E-state index contributed by atoms with van der Waals surface area (Å²) < 4.78 is 27.3. The Morgan fingerprint density at radius 2 is 2.24 bits per heavy atom. The average Bonchev–Trinajstić information content (AvgIpc) is 3.15. The highest BCUT2D eigenvalue weighted by atomic mass is 35.5. The lowest BCUT2D eigenvalue weighted by molar-refractivity contribution is 0.0546. The molecule has 5 rings (SSSR count). The Kier molecular flexibility index (Phi) is 5.61. The van der Waals surface area contributed by atoms with Crippen molar-refractivity contribution in [2.45, 2.75) is 62.9 Å². The zero-order chi connectivity index (χ0) is 23.2. The molecule has 12 heteroatoms. The highest BCUT2D eigenvalue weighted by Gasteiger charge is 2.43. The molecule has 0 radical (unpaired) electrons. The molecule has 3 atom stereocenters. The van der Waals surface area contributed by atoms with E-state index in [1.54, 1.807) is 23.8 Å². The van der Waals surface area contributed by atoms with Crippen LogP contribution in [0.25, 0.3) is 5.65 Å². The Morgan fingerprint density at radius 3 is 3.00 bits per heavy atom. The number of rotatable bonds is 7. The van der Waals surface area contributed by atoms with Crippen molar-refractivity contribution in [3.8, 4) is 0 Å². The van der Waals surface area contributed by atoms with E-state index in [2.05, 4.69) is 30.8 Å². The van der Waals surface area contributed by atoms with Gasteiger partial charge in [-0.15, -0.1) is 0 Å². The van der Waals surface area contributed by atoms with Crippen molar-refractivity contribution < 1.29 is 18.7 Å². The van der Waals surface area contributed by atoms with Gasteiger partial charge >= 0.3 is 6.09 Å². The molecular formula is C21H25ClFN7O3. The molecule has 2 fully saturated rings. The first-order valence-electron chi connectivity index (χ1n) is 10.8. The standard InChI is InChI=1S/C21H25ClFN7O3/c1-21(5-6-21)27-20(31)33-15-4-3-12(17(15)23)14-7-16(29-28-14)26-19-24-8-13(22)18-25-11(10-32-2)9-30(18)19/h7-9,12,15,17H,3-6,10H2,1-2H3,(H,27,31)(H2,24,26,28,29). The Balaban J connectivity index is 1.27. The summed E-state index contributed by atoms with van der Waals surface area (Å²) in [5.41, 5.74) is 1.66. The van der Waals surface area contributed by atoms with Gasteiger partial charge < -0.3 is 20.1 Å². The minimum atomic E-state index is -1.32. The average molecular weight is 478 g/mol. The van der Waals surface area contributed by atoms with Gasteiger partial charge in [-0.05, 0) is 32.6 Å². The van der Waals surface area contributed by atoms with Gasteiger partial charge in [-0.3, -0.25) is 9.50 Å². The highest BCUT2D eigenvalue weighted by Crippen LogP contribution is 2.39. The van der Waals surface area contributed by atoms with E-state index in [-0.39, 0.29) is 5.54 Å². The second-order valence-electron chi connectivity index (χ2n) is 8.88. The number of hydrogen-bond donors (Lipinski definition) is 3. The second-order valence-corrected chi connectivity index (χ2v) is 9.29. The predicted octanol–water partition coefficient (Wildman–Crippen LogP) is 3.86. The molecule has 3 aromatic heterocycles. The molecule has 0 saturated heterocycles. The van der Waals surface area contributed by atoms with Crippen LogP contribution in [-0.4, -0.2) is 55.6 Å². The third-order valence-electron chi connectivity index (χ3n) is 6.19. The molecule has 0 aliphatic heterocycles. The fraction of sp³-hybridized carbons (Fsp3) is 0.524. The quantitative estimate of drug-likeness (QED) is 0.472. The Hall–Kier alpha value is -2.92. The third-order valence-corrected chi connectivity index (χ3v) is 6.46. The lowest BCUT2D eigenvalue weighted by Gasteiger charge is -2.19.